The predicted octanol–water partition coefficient (Wildman–Crippen LogP) is 4.89. The van der Waals surface area contributed by atoms with E-state index < -0.39 is 17.6 Å². The highest BCUT2D eigenvalue weighted by atomic mass is 35.5. The Labute approximate surface area is 149 Å². The lowest BCUT2D eigenvalue weighted by Gasteiger charge is -2.11. The van der Waals surface area contributed by atoms with E-state index in [0.29, 0.717) is 0 Å². The standard InChI is InChI=1S/C17H9ClF4N2O2/c18-13-7-12(4-5-14(13)19)24-15(8-16(23-24)26-9-25)10-2-1-3-11(6-10)17(20,21)22/h1-9H. The molecule has 3 aromatic rings. The number of alkyl halides is 3. The number of carbonyl (C=O) groups excluding carboxylic acids is 1. The van der Waals surface area contributed by atoms with Gasteiger partial charge in [-0.1, -0.05) is 23.7 Å². The van der Waals surface area contributed by atoms with Crippen LogP contribution in [0.3, 0.4) is 0 Å². The van der Waals surface area contributed by atoms with Gasteiger partial charge < -0.3 is 4.74 Å². The summed E-state index contributed by atoms with van der Waals surface area (Å²) in [7, 11) is 0. The van der Waals surface area contributed by atoms with E-state index in [1.807, 2.05) is 0 Å². The van der Waals surface area contributed by atoms with E-state index in [2.05, 4.69) is 9.84 Å². The van der Waals surface area contributed by atoms with Crippen LogP contribution in [0.15, 0.2) is 48.5 Å². The molecule has 0 amide bonds. The number of hydrogen-bond acceptors (Lipinski definition) is 3. The second-order valence-electron chi connectivity index (χ2n) is 5.17. The lowest BCUT2D eigenvalue weighted by Crippen LogP contribution is -2.05. The Morgan fingerprint density at radius 2 is 1.88 bits per heavy atom. The van der Waals surface area contributed by atoms with Gasteiger partial charge in [0.05, 0.1) is 22.0 Å². The highest BCUT2D eigenvalue weighted by Crippen LogP contribution is 2.34. The van der Waals surface area contributed by atoms with E-state index in [1.54, 1.807) is 0 Å². The van der Waals surface area contributed by atoms with E-state index in [4.69, 9.17) is 11.6 Å². The van der Waals surface area contributed by atoms with E-state index in [-0.39, 0.29) is 34.3 Å². The summed E-state index contributed by atoms with van der Waals surface area (Å²) in [4.78, 5) is 10.6. The molecular formula is C17H9ClF4N2O2. The molecule has 0 aliphatic carbocycles. The van der Waals surface area contributed by atoms with Crippen LogP contribution in [0.2, 0.25) is 5.02 Å². The Balaban J connectivity index is 2.17. The van der Waals surface area contributed by atoms with Crippen molar-refractivity contribution in [3.63, 3.8) is 0 Å². The first kappa shape index (κ1) is 17.9. The summed E-state index contributed by atoms with van der Waals surface area (Å²) in [6.07, 6.45) is -4.53. The molecule has 1 aromatic heterocycles. The first-order valence-electron chi connectivity index (χ1n) is 7.13. The van der Waals surface area contributed by atoms with Crippen molar-refractivity contribution < 1.29 is 27.1 Å². The largest absolute Gasteiger partial charge is 0.416 e. The molecule has 0 unspecified atom stereocenters. The van der Waals surface area contributed by atoms with E-state index in [9.17, 15) is 22.4 Å². The third-order valence-electron chi connectivity index (χ3n) is 3.49. The van der Waals surface area contributed by atoms with Gasteiger partial charge >= 0.3 is 6.18 Å². The summed E-state index contributed by atoms with van der Waals surface area (Å²) in [6, 6.07) is 9.54. The minimum Gasteiger partial charge on any atom is -0.408 e. The maximum Gasteiger partial charge on any atom is 0.416 e. The highest BCUT2D eigenvalue weighted by Gasteiger charge is 2.30. The number of halogens is 5. The van der Waals surface area contributed by atoms with Crippen LogP contribution in [-0.4, -0.2) is 16.3 Å². The van der Waals surface area contributed by atoms with E-state index in [1.165, 1.54) is 35.0 Å². The summed E-state index contributed by atoms with van der Waals surface area (Å²) in [5.74, 6) is -0.791. The molecule has 0 bridgehead atoms. The molecule has 4 nitrogen and oxygen atoms in total. The van der Waals surface area contributed by atoms with Crippen molar-refractivity contribution in [2.24, 2.45) is 0 Å². The van der Waals surface area contributed by atoms with Crippen LogP contribution in [-0.2, 0) is 11.0 Å². The van der Waals surface area contributed by atoms with E-state index in [0.717, 1.165) is 18.2 Å². The zero-order valence-corrected chi connectivity index (χ0v) is 13.6. The van der Waals surface area contributed by atoms with Crippen molar-refractivity contribution in [1.29, 1.82) is 0 Å². The van der Waals surface area contributed by atoms with Crippen LogP contribution in [0.1, 0.15) is 5.56 Å². The quantitative estimate of drug-likeness (QED) is 0.475. The minimum absolute atomic E-state index is 0.132. The molecule has 0 atom stereocenters. The maximum atomic E-state index is 13.4. The SMILES string of the molecule is O=COc1cc(-c2cccc(C(F)(F)F)c2)n(-c2ccc(F)c(Cl)c2)n1. The number of rotatable bonds is 4. The molecule has 26 heavy (non-hydrogen) atoms. The van der Waals surface area contributed by atoms with Gasteiger partial charge in [0.25, 0.3) is 6.47 Å². The van der Waals surface area contributed by atoms with Gasteiger partial charge in [-0.05, 0) is 30.3 Å². The van der Waals surface area contributed by atoms with Crippen molar-refractivity contribution in [1.82, 2.24) is 9.78 Å². The lowest BCUT2D eigenvalue weighted by atomic mass is 10.1. The average Bonchev–Trinajstić information content (AvgIpc) is 3.01. The van der Waals surface area contributed by atoms with Crippen molar-refractivity contribution in [2.45, 2.75) is 6.18 Å². The Morgan fingerprint density at radius 3 is 2.54 bits per heavy atom. The molecule has 0 saturated heterocycles. The molecule has 0 spiro atoms. The summed E-state index contributed by atoms with van der Waals surface area (Å²) in [5, 5.41) is 3.82. The normalized spacial score (nSPS) is 11.4. The van der Waals surface area contributed by atoms with Crippen molar-refractivity contribution in [3.05, 3.63) is 64.9 Å². The smallest absolute Gasteiger partial charge is 0.408 e. The second-order valence-corrected chi connectivity index (χ2v) is 5.58. The van der Waals surface area contributed by atoms with Gasteiger partial charge in [0.1, 0.15) is 5.82 Å². The van der Waals surface area contributed by atoms with Crippen LogP contribution >= 0.6 is 11.6 Å². The molecule has 134 valence electrons. The zero-order valence-electron chi connectivity index (χ0n) is 12.8. The molecule has 0 saturated carbocycles. The molecule has 9 heteroatoms. The van der Waals surface area contributed by atoms with Gasteiger partial charge in [-0.25, -0.2) is 9.07 Å². The number of hydrogen-bond donors (Lipinski definition) is 0. The van der Waals surface area contributed by atoms with Gasteiger partial charge in [0.15, 0.2) is 0 Å². The Hall–Kier alpha value is -2.87. The summed E-state index contributed by atoms with van der Waals surface area (Å²) in [6.45, 7) is 0.139. The average molecular weight is 385 g/mol. The van der Waals surface area contributed by atoms with Crippen LogP contribution in [0, 0.1) is 5.82 Å². The predicted molar refractivity (Wildman–Crippen MR) is 85.7 cm³/mol. The Kier molecular flexibility index (Phi) is 4.69. The monoisotopic (exact) mass is 384 g/mol. The maximum absolute atomic E-state index is 13.4. The van der Waals surface area contributed by atoms with Crippen LogP contribution in [0.25, 0.3) is 16.9 Å². The molecule has 3 rings (SSSR count). The van der Waals surface area contributed by atoms with Crippen molar-refractivity contribution in [3.8, 4) is 22.8 Å². The van der Waals surface area contributed by atoms with Gasteiger partial charge in [-0.3, -0.25) is 4.79 Å². The molecule has 0 radical (unpaired) electrons. The molecule has 0 aliphatic rings. The van der Waals surface area contributed by atoms with Crippen LogP contribution in [0.4, 0.5) is 17.6 Å². The molecule has 0 aliphatic heterocycles. The first-order valence-corrected chi connectivity index (χ1v) is 7.51. The van der Waals surface area contributed by atoms with Crippen LogP contribution < -0.4 is 4.74 Å². The number of aromatic nitrogens is 2. The number of benzene rings is 2. The van der Waals surface area contributed by atoms with Gasteiger partial charge in [-0.15, -0.1) is 5.10 Å². The molecule has 2 aromatic carbocycles. The summed E-state index contributed by atoms with van der Waals surface area (Å²) in [5.41, 5.74) is -0.188. The van der Waals surface area contributed by atoms with Crippen LogP contribution in [0.5, 0.6) is 5.88 Å². The highest BCUT2D eigenvalue weighted by molar-refractivity contribution is 6.30. The lowest BCUT2D eigenvalue weighted by molar-refractivity contribution is -0.137. The second kappa shape index (κ2) is 6.80. The fourth-order valence-electron chi connectivity index (χ4n) is 2.34. The molecular weight excluding hydrogens is 376 g/mol. The third kappa shape index (κ3) is 3.55. The van der Waals surface area contributed by atoms with Crippen molar-refractivity contribution >= 4 is 18.1 Å². The van der Waals surface area contributed by atoms with E-state index >= 15 is 0 Å². The Bertz CT molecular complexity index is 970. The number of carbonyl (C=O) groups is 1. The Morgan fingerprint density at radius 1 is 1.12 bits per heavy atom. The molecule has 0 fully saturated rings. The molecule has 0 N–H and O–H groups in total. The fourth-order valence-corrected chi connectivity index (χ4v) is 2.52. The summed E-state index contributed by atoms with van der Waals surface area (Å²) >= 11 is 5.76. The van der Waals surface area contributed by atoms with Gasteiger partial charge in [0, 0.05) is 11.6 Å². The molecule has 1 heterocycles. The van der Waals surface area contributed by atoms with Gasteiger partial charge in [-0.2, -0.15) is 13.2 Å². The number of ether oxygens (including phenoxy) is 1. The van der Waals surface area contributed by atoms with Crippen molar-refractivity contribution in [2.75, 3.05) is 0 Å². The number of nitrogens with zero attached hydrogens (tertiary/aromatic N) is 2. The third-order valence-corrected chi connectivity index (χ3v) is 3.78. The van der Waals surface area contributed by atoms with Gasteiger partial charge in [0.2, 0.25) is 5.88 Å². The fraction of sp³-hybridized carbons (Fsp3) is 0.0588. The summed E-state index contributed by atoms with van der Waals surface area (Å²) < 4.78 is 58.2. The zero-order chi connectivity index (χ0) is 18.9. The topological polar surface area (TPSA) is 44.1 Å². The first-order chi connectivity index (χ1) is 12.3. The minimum atomic E-state index is -4.53.